The van der Waals surface area contributed by atoms with Crippen LogP contribution < -0.4 is 9.47 Å². The molecule has 6 nitrogen and oxygen atoms in total. The van der Waals surface area contributed by atoms with Crippen LogP contribution in [0.1, 0.15) is 57.5 Å². The van der Waals surface area contributed by atoms with E-state index in [-0.39, 0.29) is 15.2 Å². The number of carbonyl (C=O) groups is 3. The fraction of sp³-hybridized carbons (Fsp3) is 0.333. The number of esters is 2. The van der Waals surface area contributed by atoms with Crippen molar-refractivity contribution in [3.8, 4) is 17.6 Å². The molecule has 12 heteroatoms. The minimum Gasteiger partial charge on any atom is -0.420 e. The molecule has 0 aliphatic carbocycles. The molecule has 0 amide bonds. The summed E-state index contributed by atoms with van der Waals surface area (Å²) in [4.78, 5) is 33.8. The summed E-state index contributed by atoms with van der Waals surface area (Å²) in [6.07, 6.45) is 0.216. The number of hydrogen-bond acceptors (Lipinski definition) is 6. The third kappa shape index (κ3) is 7.61. The van der Waals surface area contributed by atoms with Gasteiger partial charge in [0.2, 0.25) is 11.5 Å². The molecule has 0 aliphatic rings. The van der Waals surface area contributed by atoms with Crippen molar-refractivity contribution < 1.29 is 41.4 Å². The van der Waals surface area contributed by atoms with Crippen molar-refractivity contribution in [3.05, 3.63) is 55.5 Å². The molecule has 0 bridgehead atoms. The Labute approximate surface area is 221 Å². The summed E-state index contributed by atoms with van der Waals surface area (Å²) in [6, 6.07) is 3.32. The standard InChI is InChI=1S/C12H10BrF2NO2.C12H11BrF2O3/c2*1-12(2,3)11(17)18-10-8(14)4-7(13)6(5-16)9(10)15/h4H,1-3H3;4-5H,1-3H3. The zero-order chi connectivity index (χ0) is 28.2. The number of ether oxygens (including phenoxy) is 2. The molecule has 0 saturated carbocycles. The van der Waals surface area contributed by atoms with Gasteiger partial charge in [-0.05, 0) is 85.5 Å². The number of nitrogens with zero attached hydrogens (tertiary/aromatic N) is 1. The fourth-order valence-electron chi connectivity index (χ4n) is 2.05. The summed E-state index contributed by atoms with van der Waals surface area (Å²) in [5.41, 5.74) is -2.62. The Hall–Kier alpha value is -2.78. The lowest BCUT2D eigenvalue weighted by molar-refractivity contribution is -0.144. The second-order valence-electron chi connectivity index (χ2n) is 9.26. The molecule has 0 spiro atoms. The molecule has 194 valence electrons. The average molecular weight is 639 g/mol. The van der Waals surface area contributed by atoms with Crippen molar-refractivity contribution in [2.45, 2.75) is 41.5 Å². The average Bonchev–Trinajstić information content (AvgIpc) is 2.73. The summed E-state index contributed by atoms with van der Waals surface area (Å²) < 4.78 is 63.8. The smallest absolute Gasteiger partial charge is 0.316 e. The molecule has 2 aromatic carbocycles. The highest BCUT2D eigenvalue weighted by Crippen LogP contribution is 2.33. The Morgan fingerprint density at radius 2 is 1.22 bits per heavy atom. The van der Waals surface area contributed by atoms with Gasteiger partial charge in [-0.25, -0.2) is 17.6 Å². The first-order valence-corrected chi connectivity index (χ1v) is 11.6. The van der Waals surface area contributed by atoms with Gasteiger partial charge in [0.15, 0.2) is 29.6 Å². The maximum Gasteiger partial charge on any atom is 0.316 e. The summed E-state index contributed by atoms with van der Waals surface area (Å²) in [7, 11) is 0. The predicted octanol–water partition coefficient (Wildman–Crippen LogP) is 7.04. The topological polar surface area (TPSA) is 93.5 Å². The number of benzene rings is 2. The molecular weight excluding hydrogens is 618 g/mol. The molecule has 0 N–H and O–H groups in total. The second-order valence-corrected chi connectivity index (χ2v) is 11.0. The molecule has 2 aromatic rings. The fourth-order valence-corrected chi connectivity index (χ4v) is 2.98. The van der Waals surface area contributed by atoms with Crippen LogP contribution in [0.5, 0.6) is 11.5 Å². The van der Waals surface area contributed by atoms with Crippen LogP contribution in [-0.4, -0.2) is 18.2 Å². The van der Waals surface area contributed by atoms with Gasteiger partial charge in [0.25, 0.3) is 0 Å². The highest BCUT2D eigenvalue weighted by Gasteiger charge is 2.29. The molecule has 0 aliphatic heterocycles. The molecule has 0 aromatic heterocycles. The summed E-state index contributed by atoms with van der Waals surface area (Å²) >= 11 is 5.70. The highest BCUT2D eigenvalue weighted by molar-refractivity contribution is 9.10. The molecule has 0 saturated heterocycles. The first-order chi connectivity index (χ1) is 16.4. The van der Waals surface area contributed by atoms with E-state index in [4.69, 9.17) is 5.26 Å². The van der Waals surface area contributed by atoms with Gasteiger partial charge in [-0.3, -0.25) is 14.4 Å². The first kappa shape index (κ1) is 31.3. The summed E-state index contributed by atoms with van der Waals surface area (Å²) in [5.74, 6) is -7.78. The van der Waals surface area contributed by atoms with Crippen LogP contribution in [0.2, 0.25) is 0 Å². The number of halogens is 6. The Morgan fingerprint density at radius 3 is 1.58 bits per heavy atom. The molecule has 36 heavy (non-hydrogen) atoms. The summed E-state index contributed by atoms with van der Waals surface area (Å²) in [6.45, 7) is 9.29. The number of hydrogen-bond donors (Lipinski definition) is 0. The van der Waals surface area contributed by atoms with Crippen molar-refractivity contribution in [1.29, 1.82) is 5.26 Å². The Balaban J connectivity index is 0.000000360. The quantitative estimate of drug-likeness (QED) is 0.155. The van der Waals surface area contributed by atoms with Crippen LogP contribution in [0, 0.1) is 45.4 Å². The molecule has 0 radical (unpaired) electrons. The van der Waals surface area contributed by atoms with Crippen molar-refractivity contribution in [2.75, 3.05) is 0 Å². The highest BCUT2D eigenvalue weighted by atomic mass is 79.9. The lowest BCUT2D eigenvalue weighted by atomic mass is 9.97. The normalized spacial score (nSPS) is 11.1. The monoisotopic (exact) mass is 637 g/mol. The molecule has 2 rings (SSSR count). The first-order valence-electron chi connectivity index (χ1n) is 10.0. The van der Waals surface area contributed by atoms with Crippen LogP contribution in [0.3, 0.4) is 0 Å². The minimum absolute atomic E-state index is 0.0319. The molecular formula is C24H21Br2F4NO5. The molecule has 0 heterocycles. The van der Waals surface area contributed by atoms with Crippen LogP contribution in [-0.2, 0) is 9.59 Å². The minimum atomic E-state index is -1.20. The van der Waals surface area contributed by atoms with Crippen molar-refractivity contribution >= 4 is 50.1 Å². The number of carbonyl (C=O) groups excluding carboxylic acids is 3. The van der Waals surface area contributed by atoms with Gasteiger partial charge in [0.1, 0.15) is 11.6 Å². The largest absolute Gasteiger partial charge is 0.420 e. The van der Waals surface area contributed by atoms with Gasteiger partial charge >= 0.3 is 11.9 Å². The van der Waals surface area contributed by atoms with E-state index in [1.165, 1.54) is 0 Å². The van der Waals surface area contributed by atoms with Crippen LogP contribution in [0.25, 0.3) is 0 Å². The van der Waals surface area contributed by atoms with Crippen LogP contribution >= 0.6 is 31.9 Å². The van der Waals surface area contributed by atoms with Crippen molar-refractivity contribution in [3.63, 3.8) is 0 Å². The third-order valence-electron chi connectivity index (χ3n) is 4.14. The number of rotatable bonds is 3. The van der Waals surface area contributed by atoms with E-state index in [1.807, 2.05) is 0 Å². The van der Waals surface area contributed by atoms with Gasteiger partial charge in [0.05, 0.1) is 16.4 Å². The number of nitriles is 1. The molecule has 0 unspecified atom stereocenters. The van der Waals surface area contributed by atoms with E-state index in [0.29, 0.717) is 0 Å². The van der Waals surface area contributed by atoms with E-state index >= 15 is 0 Å². The van der Waals surface area contributed by atoms with E-state index in [1.54, 1.807) is 47.6 Å². The van der Waals surface area contributed by atoms with Crippen LogP contribution in [0.15, 0.2) is 21.1 Å². The zero-order valence-electron chi connectivity index (χ0n) is 20.0. The van der Waals surface area contributed by atoms with Crippen LogP contribution in [0.4, 0.5) is 17.6 Å². The maximum atomic E-state index is 13.8. The number of aldehydes is 1. The van der Waals surface area contributed by atoms with E-state index in [9.17, 15) is 31.9 Å². The van der Waals surface area contributed by atoms with Crippen molar-refractivity contribution in [1.82, 2.24) is 0 Å². The maximum absolute atomic E-state index is 13.8. The summed E-state index contributed by atoms with van der Waals surface area (Å²) in [5, 5.41) is 8.73. The lowest BCUT2D eigenvalue weighted by Crippen LogP contribution is -2.26. The van der Waals surface area contributed by atoms with Gasteiger partial charge in [-0.15, -0.1) is 0 Å². The van der Waals surface area contributed by atoms with Gasteiger partial charge in [-0.2, -0.15) is 5.26 Å². The Bertz CT molecular complexity index is 1250. The molecule has 0 atom stereocenters. The second kappa shape index (κ2) is 12.0. The SMILES string of the molecule is CC(C)(C)C(=O)Oc1c(F)cc(Br)c(C#N)c1F.CC(C)(C)C(=O)Oc1c(F)cc(Br)c(C=O)c1F. The van der Waals surface area contributed by atoms with E-state index in [2.05, 4.69) is 41.3 Å². The third-order valence-corrected chi connectivity index (χ3v) is 5.42. The Kier molecular flexibility index (Phi) is 10.4. The lowest BCUT2D eigenvalue weighted by Gasteiger charge is -2.17. The predicted molar refractivity (Wildman–Crippen MR) is 128 cm³/mol. The van der Waals surface area contributed by atoms with E-state index < -0.39 is 68.7 Å². The van der Waals surface area contributed by atoms with E-state index in [0.717, 1.165) is 12.1 Å². The Morgan fingerprint density at radius 1 is 0.833 bits per heavy atom. The van der Waals surface area contributed by atoms with Gasteiger partial charge in [0, 0.05) is 8.95 Å². The van der Waals surface area contributed by atoms with Gasteiger partial charge in [-0.1, -0.05) is 0 Å². The van der Waals surface area contributed by atoms with Crippen molar-refractivity contribution in [2.24, 2.45) is 10.8 Å². The van der Waals surface area contributed by atoms with Gasteiger partial charge < -0.3 is 9.47 Å². The zero-order valence-corrected chi connectivity index (χ0v) is 23.2. The molecule has 0 fully saturated rings.